The standard InChI is InChI=1S/C54H38N4S/c1-54(2)44-23-13-12-21-38(44)40-31-42-41-29-35(25-27-46(41)58(47(42)32-45(40)54)37-19-10-5-11-20-37)36-26-28-48-43(30-36)50-39(22-14-24-49(50)59-48)53-56-51(33-15-6-3-7-16-33)55-52(57-53)34-17-8-4-9-18-34/h3,5-8,10-32H,4,9H2,1-2H3. The van der Waals surface area contributed by atoms with Crippen molar-refractivity contribution in [1.82, 2.24) is 19.5 Å². The molecule has 0 aliphatic heterocycles. The van der Waals surface area contributed by atoms with Crippen molar-refractivity contribution in [3.05, 3.63) is 187 Å². The second kappa shape index (κ2) is 13.0. The lowest BCUT2D eigenvalue weighted by Crippen LogP contribution is -2.14. The van der Waals surface area contributed by atoms with E-state index in [-0.39, 0.29) is 5.41 Å². The number of fused-ring (bicyclic) bond motifs is 9. The third-order valence-corrected chi connectivity index (χ3v) is 13.6. The third-order valence-electron chi connectivity index (χ3n) is 12.5. The van der Waals surface area contributed by atoms with E-state index in [4.69, 9.17) is 15.0 Å². The molecule has 12 rings (SSSR count). The van der Waals surface area contributed by atoms with Gasteiger partial charge in [0.1, 0.15) is 0 Å². The number of hydrogen-bond donors (Lipinski definition) is 0. The molecule has 5 heteroatoms. The van der Waals surface area contributed by atoms with E-state index >= 15 is 0 Å². The molecule has 0 N–H and O–H groups in total. The zero-order valence-electron chi connectivity index (χ0n) is 32.8. The predicted molar refractivity (Wildman–Crippen MR) is 247 cm³/mol. The van der Waals surface area contributed by atoms with Crippen molar-refractivity contribution in [2.24, 2.45) is 0 Å². The van der Waals surface area contributed by atoms with Gasteiger partial charge >= 0.3 is 0 Å². The van der Waals surface area contributed by atoms with Crippen LogP contribution in [0.25, 0.3) is 98.3 Å². The highest BCUT2D eigenvalue weighted by molar-refractivity contribution is 7.26. The fourth-order valence-electron chi connectivity index (χ4n) is 9.56. The van der Waals surface area contributed by atoms with Crippen LogP contribution in [-0.2, 0) is 5.41 Å². The monoisotopic (exact) mass is 774 g/mol. The van der Waals surface area contributed by atoms with E-state index in [1.165, 1.54) is 81.0 Å². The number of aromatic nitrogens is 4. The van der Waals surface area contributed by atoms with Gasteiger partial charge in [-0.25, -0.2) is 15.0 Å². The predicted octanol–water partition coefficient (Wildman–Crippen LogP) is 14.4. The molecule has 7 aromatic carbocycles. The van der Waals surface area contributed by atoms with Gasteiger partial charge in [-0.2, -0.15) is 0 Å². The van der Waals surface area contributed by atoms with E-state index in [0.29, 0.717) is 17.5 Å². The largest absolute Gasteiger partial charge is 0.309 e. The number of rotatable bonds is 5. The fourth-order valence-corrected chi connectivity index (χ4v) is 10.7. The molecule has 3 aromatic heterocycles. The summed E-state index contributed by atoms with van der Waals surface area (Å²) in [6, 6.07) is 55.3. The first-order chi connectivity index (χ1) is 29.0. The molecule has 3 heterocycles. The minimum absolute atomic E-state index is 0.0863. The molecule has 2 aliphatic rings. The Morgan fingerprint density at radius 3 is 2.05 bits per heavy atom. The normalized spacial score (nSPS) is 14.3. The van der Waals surface area contributed by atoms with Gasteiger partial charge in [-0.05, 0) is 101 Å². The molecule has 0 amide bonds. The summed E-state index contributed by atoms with van der Waals surface area (Å²) in [5, 5.41) is 4.91. The molecule has 0 atom stereocenters. The first-order valence-electron chi connectivity index (χ1n) is 20.4. The van der Waals surface area contributed by atoms with E-state index in [1.54, 1.807) is 0 Å². The molecule has 2 aliphatic carbocycles. The maximum absolute atomic E-state index is 5.17. The van der Waals surface area contributed by atoms with Crippen LogP contribution in [0, 0.1) is 0 Å². The van der Waals surface area contributed by atoms with Crippen LogP contribution in [0.1, 0.15) is 43.6 Å². The lowest BCUT2D eigenvalue weighted by Gasteiger charge is -2.21. The van der Waals surface area contributed by atoms with Gasteiger partial charge in [0.05, 0.1) is 11.0 Å². The Labute approximate surface area is 346 Å². The maximum Gasteiger partial charge on any atom is 0.164 e. The lowest BCUT2D eigenvalue weighted by atomic mass is 9.82. The first kappa shape index (κ1) is 34.1. The molecule has 280 valence electrons. The second-order valence-electron chi connectivity index (χ2n) is 16.3. The van der Waals surface area contributed by atoms with Crippen molar-refractivity contribution in [3.63, 3.8) is 0 Å². The van der Waals surface area contributed by atoms with Crippen LogP contribution in [0.5, 0.6) is 0 Å². The highest BCUT2D eigenvalue weighted by atomic mass is 32.1. The zero-order chi connectivity index (χ0) is 39.2. The Hall–Kier alpha value is -6.95. The Balaban J connectivity index is 1.05. The topological polar surface area (TPSA) is 43.6 Å². The minimum Gasteiger partial charge on any atom is -0.309 e. The van der Waals surface area contributed by atoms with Crippen molar-refractivity contribution in [2.75, 3.05) is 0 Å². The third kappa shape index (κ3) is 5.31. The average Bonchev–Trinajstić information content (AvgIpc) is 3.91. The first-order valence-corrected chi connectivity index (χ1v) is 21.2. The summed E-state index contributed by atoms with van der Waals surface area (Å²) < 4.78 is 4.90. The van der Waals surface area contributed by atoms with Gasteiger partial charge in [0, 0.05) is 58.7 Å². The zero-order valence-corrected chi connectivity index (χ0v) is 33.6. The van der Waals surface area contributed by atoms with E-state index < -0.39 is 0 Å². The Kier molecular flexibility index (Phi) is 7.54. The van der Waals surface area contributed by atoms with E-state index in [2.05, 4.69) is 170 Å². The maximum atomic E-state index is 5.17. The van der Waals surface area contributed by atoms with Gasteiger partial charge in [-0.15, -0.1) is 11.3 Å². The lowest BCUT2D eigenvalue weighted by molar-refractivity contribution is 0.661. The Morgan fingerprint density at radius 1 is 0.508 bits per heavy atom. The van der Waals surface area contributed by atoms with Gasteiger partial charge in [0.25, 0.3) is 0 Å². The van der Waals surface area contributed by atoms with Gasteiger partial charge in [-0.3, -0.25) is 0 Å². The van der Waals surface area contributed by atoms with E-state index in [9.17, 15) is 0 Å². The van der Waals surface area contributed by atoms with Crippen molar-refractivity contribution < 1.29 is 0 Å². The van der Waals surface area contributed by atoms with Crippen LogP contribution in [0.4, 0.5) is 0 Å². The number of para-hydroxylation sites is 1. The molecule has 0 spiro atoms. The molecule has 4 nitrogen and oxygen atoms in total. The summed E-state index contributed by atoms with van der Waals surface area (Å²) in [6.45, 7) is 4.72. The van der Waals surface area contributed by atoms with Crippen molar-refractivity contribution in [2.45, 2.75) is 32.1 Å². The highest BCUT2D eigenvalue weighted by Gasteiger charge is 2.36. The van der Waals surface area contributed by atoms with Crippen molar-refractivity contribution in [1.29, 1.82) is 0 Å². The molecule has 10 aromatic rings. The second-order valence-corrected chi connectivity index (χ2v) is 17.4. The molecule has 0 fully saturated rings. The number of benzene rings is 7. The molecular formula is C54H38N4S. The van der Waals surface area contributed by atoms with Crippen molar-refractivity contribution in [3.8, 4) is 50.7 Å². The summed E-state index contributed by atoms with van der Waals surface area (Å²) in [5.74, 6) is 2.09. The van der Waals surface area contributed by atoms with Gasteiger partial charge < -0.3 is 4.57 Å². The van der Waals surface area contributed by atoms with Crippen LogP contribution < -0.4 is 0 Å². The van der Waals surface area contributed by atoms with Crippen LogP contribution in [0.2, 0.25) is 0 Å². The van der Waals surface area contributed by atoms with Gasteiger partial charge in [0.2, 0.25) is 0 Å². The average molecular weight is 775 g/mol. The molecule has 59 heavy (non-hydrogen) atoms. The molecule has 0 bridgehead atoms. The Bertz CT molecular complexity index is 3400. The molecule has 0 saturated carbocycles. The SMILES string of the molecule is CC1(C)c2ccccc2-c2cc3c4cc(-c5ccc6sc7cccc(-c8nc(C9=CCCC=C9)nc(-c9ccccc9)n8)c7c6c5)ccc4n(-c4ccccc4)c3cc21. The quantitative estimate of drug-likeness (QED) is 0.175. The summed E-state index contributed by atoms with van der Waals surface area (Å²) in [4.78, 5) is 15.3. The molecular weight excluding hydrogens is 737 g/mol. The molecule has 0 radical (unpaired) electrons. The van der Waals surface area contributed by atoms with Crippen LogP contribution in [0.15, 0.2) is 170 Å². The van der Waals surface area contributed by atoms with Crippen LogP contribution in [-0.4, -0.2) is 19.5 Å². The van der Waals surface area contributed by atoms with Gasteiger partial charge in [0.15, 0.2) is 17.5 Å². The molecule has 0 unspecified atom stereocenters. The Morgan fingerprint density at radius 2 is 1.22 bits per heavy atom. The van der Waals surface area contributed by atoms with Gasteiger partial charge in [-0.1, -0.05) is 129 Å². The number of thiophene rings is 1. The number of allylic oxidation sites excluding steroid dienone is 4. The minimum atomic E-state index is -0.0863. The number of hydrogen-bond acceptors (Lipinski definition) is 4. The van der Waals surface area contributed by atoms with E-state index in [0.717, 1.165) is 29.5 Å². The summed E-state index contributed by atoms with van der Waals surface area (Å²) in [7, 11) is 0. The van der Waals surface area contributed by atoms with Crippen molar-refractivity contribution >= 4 is 58.9 Å². The smallest absolute Gasteiger partial charge is 0.164 e. The summed E-state index contributed by atoms with van der Waals surface area (Å²) in [5.41, 5.74) is 14.4. The fraction of sp³-hybridized carbons (Fsp3) is 0.0926. The van der Waals surface area contributed by atoms with E-state index in [1.807, 2.05) is 29.5 Å². The summed E-state index contributed by atoms with van der Waals surface area (Å²) in [6.07, 6.45) is 8.60. The highest BCUT2D eigenvalue weighted by Crippen LogP contribution is 2.51. The van der Waals surface area contributed by atoms with Crippen LogP contribution in [0.3, 0.4) is 0 Å². The number of nitrogens with zero attached hydrogens (tertiary/aromatic N) is 4. The summed E-state index contributed by atoms with van der Waals surface area (Å²) >= 11 is 1.82. The molecule has 0 saturated heterocycles. The van der Waals surface area contributed by atoms with Crippen LogP contribution >= 0.6 is 11.3 Å².